The predicted molar refractivity (Wildman–Crippen MR) is 82.5 cm³/mol. The van der Waals surface area contributed by atoms with Crippen LogP contribution in [-0.4, -0.2) is 41.0 Å². The van der Waals surface area contributed by atoms with Crippen LogP contribution in [0.1, 0.15) is 22.0 Å². The van der Waals surface area contributed by atoms with E-state index in [0.29, 0.717) is 11.3 Å². The fraction of sp³-hybridized carbons (Fsp3) is 0.188. The van der Waals surface area contributed by atoms with Crippen molar-refractivity contribution < 1.29 is 19.4 Å². The summed E-state index contributed by atoms with van der Waals surface area (Å²) >= 11 is 0. The molecule has 2 aromatic rings. The van der Waals surface area contributed by atoms with Crippen LogP contribution in [0.5, 0.6) is 5.75 Å². The molecule has 1 unspecified atom stereocenters. The quantitative estimate of drug-likeness (QED) is 0.865. The number of carbonyl (C=O) groups is 2. The minimum absolute atomic E-state index is 0.201. The highest BCUT2D eigenvalue weighted by atomic mass is 16.5. The van der Waals surface area contributed by atoms with Gasteiger partial charge in [-0.15, -0.1) is 0 Å². The number of ether oxygens (including phenoxy) is 1. The molecule has 1 aromatic heterocycles. The van der Waals surface area contributed by atoms with Crippen LogP contribution < -0.4 is 10.3 Å². The maximum Gasteiger partial charge on any atom is 0.331 e. The third-order valence-corrected chi connectivity index (χ3v) is 3.40. The molecule has 0 saturated carbocycles. The number of aromatic amines is 1. The van der Waals surface area contributed by atoms with Crippen LogP contribution in [0.2, 0.25) is 0 Å². The lowest BCUT2D eigenvalue weighted by molar-refractivity contribution is -0.142. The molecule has 2 rings (SSSR count). The number of rotatable bonds is 5. The molecule has 0 aliphatic rings. The first-order valence-corrected chi connectivity index (χ1v) is 6.76. The number of carboxylic acid groups (broad SMARTS) is 1. The van der Waals surface area contributed by atoms with Crippen molar-refractivity contribution in [2.24, 2.45) is 0 Å². The van der Waals surface area contributed by atoms with E-state index in [1.165, 1.54) is 32.5 Å². The van der Waals surface area contributed by atoms with E-state index < -0.39 is 17.9 Å². The van der Waals surface area contributed by atoms with Gasteiger partial charge in [0.05, 0.1) is 12.7 Å². The molecule has 1 aromatic carbocycles. The molecule has 0 aliphatic carbocycles. The number of methoxy groups -OCH3 is 1. The lowest BCUT2D eigenvalue weighted by atomic mass is 10.0. The fourth-order valence-electron chi connectivity index (χ4n) is 2.18. The van der Waals surface area contributed by atoms with E-state index in [1.54, 1.807) is 24.3 Å². The van der Waals surface area contributed by atoms with Crippen molar-refractivity contribution in [2.45, 2.75) is 6.04 Å². The molecule has 120 valence electrons. The Labute approximate surface area is 132 Å². The highest BCUT2D eigenvalue weighted by Crippen LogP contribution is 2.23. The number of carboxylic acids is 1. The Morgan fingerprint density at radius 3 is 2.30 bits per heavy atom. The highest BCUT2D eigenvalue weighted by molar-refractivity contribution is 5.96. The maximum absolute atomic E-state index is 12.4. The first-order chi connectivity index (χ1) is 10.9. The van der Waals surface area contributed by atoms with Crippen LogP contribution in [0, 0.1) is 0 Å². The maximum atomic E-state index is 12.4. The summed E-state index contributed by atoms with van der Waals surface area (Å²) in [5.74, 6) is -1.08. The number of amides is 1. The zero-order chi connectivity index (χ0) is 17.0. The van der Waals surface area contributed by atoms with E-state index in [2.05, 4.69) is 4.98 Å². The molecule has 1 atom stereocenters. The summed E-state index contributed by atoms with van der Waals surface area (Å²) in [5.41, 5.74) is 0.305. The minimum atomic E-state index is -1.16. The number of aliphatic carboxylic acids is 1. The Bertz CT molecular complexity index is 746. The van der Waals surface area contributed by atoms with Crippen molar-refractivity contribution in [3.63, 3.8) is 0 Å². The lowest BCUT2D eigenvalue weighted by Gasteiger charge is -2.25. The van der Waals surface area contributed by atoms with E-state index in [4.69, 9.17) is 4.74 Å². The summed E-state index contributed by atoms with van der Waals surface area (Å²) in [5, 5.41) is 9.48. The van der Waals surface area contributed by atoms with Crippen molar-refractivity contribution in [1.82, 2.24) is 9.88 Å². The third-order valence-electron chi connectivity index (χ3n) is 3.40. The van der Waals surface area contributed by atoms with E-state index in [-0.39, 0.29) is 11.1 Å². The highest BCUT2D eigenvalue weighted by Gasteiger charge is 2.29. The lowest BCUT2D eigenvalue weighted by Crippen LogP contribution is -2.36. The van der Waals surface area contributed by atoms with Crippen LogP contribution in [0.3, 0.4) is 0 Å². The Balaban J connectivity index is 2.32. The molecular formula is C16H16N2O5. The van der Waals surface area contributed by atoms with E-state index in [0.717, 1.165) is 4.90 Å². The number of aromatic nitrogens is 1. The Kier molecular flexibility index (Phi) is 4.80. The molecule has 1 heterocycles. The van der Waals surface area contributed by atoms with Gasteiger partial charge in [0.1, 0.15) is 5.75 Å². The average Bonchev–Trinajstić information content (AvgIpc) is 2.55. The predicted octanol–water partition coefficient (Wildman–Crippen LogP) is 1.28. The van der Waals surface area contributed by atoms with E-state index in [1.807, 2.05) is 0 Å². The van der Waals surface area contributed by atoms with Gasteiger partial charge in [-0.05, 0) is 23.8 Å². The van der Waals surface area contributed by atoms with E-state index in [9.17, 15) is 19.5 Å². The Hall–Kier alpha value is -3.09. The van der Waals surface area contributed by atoms with Gasteiger partial charge in [-0.1, -0.05) is 12.1 Å². The molecule has 7 heteroatoms. The number of carbonyl (C=O) groups excluding carboxylic acids is 1. The monoisotopic (exact) mass is 316 g/mol. The second kappa shape index (κ2) is 6.78. The first-order valence-electron chi connectivity index (χ1n) is 6.76. The molecule has 0 aliphatic heterocycles. The normalized spacial score (nSPS) is 11.6. The van der Waals surface area contributed by atoms with E-state index >= 15 is 0 Å². The number of hydrogen-bond donors (Lipinski definition) is 2. The molecule has 1 amide bonds. The van der Waals surface area contributed by atoms with Gasteiger partial charge in [0.25, 0.3) is 5.91 Å². The molecular weight excluding hydrogens is 300 g/mol. The number of pyridine rings is 1. The second-order valence-electron chi connectivity index (χ2n) is 4.87. The molecule has 0 spiro atoms. The van der Waals surface area contributed by atoms with Crippen LogP contribution in [0.15, 0.2) is 47.4 Å². The van der Waals surface area contributed by atoms with Crippen molar-refractivity contribution in [1.29, 1.82) is 0 Å². The summed E-state index contributed by atoms with van der Waals surface area (Å²) < 4.78 is 5.04. The fourth-order valence-corrected chi connectivity index (χ4v) is 2.18. The average molecular weight is 316 g/mol. The van der Waals surface area contributed by atoms with Crippen LogP contribution in [0.4, 0.5) is 0 Å². The van der Waals surface area contributed by atoms with Gasteiger partial charge in [-0.25, -0.2) is 4.79 Å². The number of nitrogens with one attached hydrogen (secondary N) is 1. The molecule has 2 N–H and O–H groups in total. The second-order valence-corrected chi connectivity index (χ2v) is 4.87. The summed E-state index contributed by atoms with van der Waals surface area (Å²) in [6, 6.07) is 7.85. The number of nitrogens with zero attached hydrogens (tertiary/aromatic N) is 1. The molecule has 0 bridgehead atoms. The largest absolute Gasteiger partial charge is 0.497 e. The van der Waals surface area contributed by atoms with Crippen LogP contribution in [0.25, 0.3) is 0 Å². The van der Waals surface area contributed by atoms with Gasteiger partial charge in [0.15, 0.2) is 6.04 Å². The molecule has 0 radical (unpaired) electrons. The Morgan fingerprint density at radius 2 is 1.83 bits per heavy atom. The minimum Gasteiger partial charge on any atom is -0.497 e. The number of benzene rings is 1. The summed E-state index contributed by atoms with van der Waals surface area (Å²) in [4.78, 5) is 38.6. The van der Waals surface area contributed by atoms with Gasteiger partial charge in [-0.3, -0.25) is 9.59 Å². The number of hydrogen-bond acceptors (Lipinski definition) is 4. The van der Waals surface area contributed by atoms with Gasteiger partial charge in [-0.2, -0.15) is 0 Å². The summed E-state index contributed by atoms with van der Waals surface area (Å²) in [7, 11) is 2.91. The topological polar surface area (TPSA) is 99.7 Å². The Morgan fingerprint density at radius 1 is 1.17 bits per heavy atom. The SMILES string of the molecule is COc1ccc(C(C(=O)O)N(C)C(=O)c2ccc(=O)[nH]c2)cc1. The van der Waals surface area contributed by atoms with Crippen molar-refractivity contribution >= 4 is 11.9 Å². The van der Waals surface area contributed by atoms with Crippen LogP contribution in [-0.2, 0) is 4.79 Å². The number of H-pyrrole nitrogens is 1. The zero-order valence-corrected chi connectivity index (χ0v) is 12.6. The van der Waals surface area contributed by atoms with Gasteiger partial charge >= 0.3 is 5.97 Å². The number of likely N-dealkylation sites (N-methyl/N-ethyl adjacent to an activating group) is 1. The molecule has 23 heavy (non-hydrogen) atoms. The van der Waals surface area contributed by atoms with Crippen molar-refractivity contribution in [3.8, 4) is 5.75 Å². The van der Waals surface area contributed by atoms with Crippen LogP contribution >= 0.6 is 0 Å². The molecule has 0 fully saturated rings. The van der Waals surface area contributed by atoms with Gasteiger partial charge < -0.3 is 19.7 Å². The third kappa shape index (κ3) is 3.57. The van der Waals surface area contributed by atoms with Gasteiger partial charge in [0, 0.05) is 19.3 Å². The van der Waals surface area contributed by atoms with Crippen molar-refractivity contribution in [2.75, 3.05) is 14.2 Å². The molecule has 7 nitrogen and oxygen atoms in total. The zero-order valence-electron chi connectivity index (χ0n) is 12.6. The smallest absolute Gasteiger partial charge is 0.331 e. The standard InChI is InChI=1S/C16H16N2O5/c1-18(15(20)11-5-8-13(19)17-9-11)14(16(21)22)10-3-6-12(23-2)7-4-10/h3-9,14H,1-2H3,(H,17,19)(H,21,22). The molecule has 0 saturated heterocycles. The first kappa shape index (κ1) is 16.3. The summed E-state index contributed by atoms with van der Waals surface area (Å²) in [6.45, 7) is 0. The van der Waals surface area contributed by atoms with Crippen molar-refractivity contribution in [3.05, 3.63) is 64.1 Å². The van der Waals surface area contributed by atoms with Gasteiger partial charge in [0.2, 0.25) is 5.56 Å². The summed E-state index contributed by atoms with van der Waals surface area (Å²) in [6.07, 6.45) is 1.26.